The van der Waals surface area contributed by atoms with Crippen LogP contribution in [0.15, 0.2) is 54.6 Å². The Morgan fingerprint density at radius 3 is 2.42 bits per heavy atom. The van der Waals surface area contributed by atoms with E-state index in [1.807, 2.05) is 68.4 Å². The Bertz CT molecular complexity index is 702. The monoisotopic (exact) mass is 342 g/mol. The van der Waals surface area contributed by atoms with E-state index in [4.69, 9.17) is 0 Å². The lowest BCUT2D eigenvalue weighted by Gasteiger charge is -2.25. The van der Waals surface area contributed by atoms with Gasteiger partial charge in [0.25, 0.3) is 5.24 Å². The normalized spacial score (nSPS) is 10.5. The zero-order valence-electron chi connectivity index (χ0n) is 14.2. The number of amides is 2. The summed E-state index contributed by atoms with van der Waals surface area (Å²) in [7, 11) is 0. The number of hydrogen-bond acceptors (Lipinski definition) is 3. The van der Waals surface area contributed by atoms with Crippen LogP contribution in [0.2, 0.25) is 0 Å². The minimum atomic E-state index is -0.106. The van der Waals surface area contributed by atoms with Gasteiger partial charge >= 0.3 is 0 Å². The van der Waals surface area contributed by atoms with Crippen LogP contribution in [-0.2, 0) is 11.3 Å². The standard InChI is InChI=1S/C19H22N2O2S/c1-14(2)18(22)21(17-10-5-4-6-11-17)13-15-8-7-9-16(12-15)20-19(23)24-3/h4-12,14H,13H2,1-3H3,(H,20,23). The molecule has 5 heteroatoms. The van der Waals surface area contributed by atoms with Gasteiger partial charge in [-0.1, -0.05) is 55.9 Å². The molecule has 126 valence electrons. The second-order valence-electron chi connectivity index (χ2n) is 5.73. The van der Waals surface area contributed by atoms with Crippen molar-refractivity contribution in [1.82, 2.24) is 0 Å². The van der Waals surface area contributed by atoms with Crippen LogP contribution in [0.1, 0.15) is 19.4 Å². The molecule has 0 fully saturated rings. The minimum Gasteiger partial charge on any atom is -0.317 e. The number of nitrogens with zero attached hydrogens (tertiary/aromatic N) is 1. The van der Waals surface area contributed by atoms with Crippen LogP contribution in [0.4, 0.5) is 16.2 Å². The largest absolute Gasteiger partial charge is 0.317 e. The van der Waals surface area contributed by atoms with Crippen LogP contribution in [-0.4, -0.2) is 17.4 Å². The Labute approximate surface area is 147 Å². The van der Waals surface area contributed by atoms with E-state index in [1.54, 1.807) is 11.2 Å². The van der Waals surface area contributed by atoms with Gasteiger partial charge in [0.05, 0.1) is 6.54 Å². The van der Waals surface area contributed by atoms with Crippen molar-refractivity contribution in [2.24, 2.45) is 5.92 Å². The lowest BCUT2D eigenvalue weighted by Crippen LogP contribution is -2.33. The number of hydrogen-bond donors (Lipinski definition) is 1. The zero-order valence-corrected chi connectivity index (χ0v) is 15.0. The molecule has 0 aromatic heterocycles. The number of carbonyl (C=O) groups excluding carboxylic acids is 2. The molecule has 24 heavy (non-hydrogen) atoms. The highest BCUT2D eigenvalue weighted by Gasteiger charge is 2.19. The Morgan fingerprint density at radius 2 is 1.79 bits per heavy atom. The summed E-state index contributed by atoms with van der Waals surface area (Å²) < 4.78 is 0. The molecule has 0 saturated heterocycles. The fourth-order valence-corrected chi connectivity index (χ4v) is 2.53. The summed E-state index contributed by atoms with van der Waals surface area (Å²) in [5, 5.41) is 2.71. The highest BCUT2D eigenvalue weighted by Crippen LogP contribution is 2.21. The van der Waals surface area contributed by atoms with E-state index in [0.29, 0.717) is 6.54 Å². The van der Waals surface area contributed by atoms with Crippen molar-refractivity contribution in [1.29, 1.82) is 0 Å². The molecular weight excluding hydrogens is 320 g/mol. The first kappa shape index (κ1) is 18.1. The maximum absolute atomic E-state index is 12.6. The van der Waals surface area contributed by atoms with Crippen molar-refractivity contribution >= 4 is 34.3 Å². The van der Waals surface area contributed by atoms with E-state index in [2.05, 4.69) is 5.32 Å². The molecule has 1 N–H and O–H groups in total. The zero-order chi connectivity index (χ0) is 17.5. The van der Waals surface area contributed by atoms with Crippen molar-refractivity contribution in [2.45, 2.75) is 20.4 Å². The van der Waals surface area contributed by atoms with Crippen LogP contribution in [0, 0.1) is 5.92 Å². The number of para-hydroxylation sites is 1. The highest BCUT2D eigenvalue weighted by molar-refractivity contribution is 8.13. The molecule has 0 spiro atoms. The van der Waals surface area contributed by atoms with Crippen molar-refractivity contribution in [3.8, 4) is 0 Å². The fourth-order valence-electron chi connectivity index (χ4n) is 2.31. The first-order valence-corrected chi connectivity index (χ1v) is 9.04. The average molecular weight is 342 g/mol. The van der Waals surface area contributed by atoms with E-state index in [1.165, 1.54) is 0 Å². The molecule has 0 radical (unpaired) electrons. The predicted molar refractivity (Wildman–Crippen MR) is 101 cm³/mol. The number of thioether (sulfide) groups is 1. The Kier molecular flexibility index (Phi) is 6.44. The van der Waals surface area contributed by atoms with Crippen LogP contribution < -0.4 is 10.2 Å². The SMILES string of the molecule is CSC(=O)Nc1cccc(CN(C(=O)C(C)C)c2ccccc2)c1. The second kappa shape index (κ2) is 8.55. The molecule has 0 heterocycles. The Hall–Kier alpha value is -2.27. The van der Waals surface area contributed by atoms with E-state index >= 15 is 0 Å². The van der Waals surface area contributed by atoms with Crippen molar-refractivity contribution in [3.63, 3.8) is 0 Å². The van der Waals surface area contributed by atoms with Gasteiger partial charge in [-0.2, -0.15) is 0 Å². The third-order valence-electron chi connectivity index (χ3n) is 3.53. The Balaban J connectivity index is 2.25. The summed E-state index contributed by atoms with van der Waals surface area (Å²) >= 11 is 1.13. The summed E-state index contributed by atoms with van der Waals surface area (Å²) in [6, 6.07) is 17.2. The molecule has 0 aliphatic heterocycles. The first-order valence-electron chi connectivity index (χ1n) is 7.81. The topological polar surface area (TPSA) is 49.4 Å². The van der Waals surface area contributed by atoms with Gasteiger partial charge in [0.1, 0.15) is 0 Å². The van der Waals surface area contributed by atoms with Crippen molar-refractivity contribution in [3.05, 3.63) is 60.2 Å². The maximum atomic E-state index is 12.6. The molecule has 2 aromatic carbocycles. The van der Waals surface area contributed by atoms with Gasteiger partial charge in [-0.05, 0) is 36.1 Å². The van der Waals surface area contributed by atoms with Crippen LogP contribution in [0.3, 0.4) is 0 Å². The fraction of sp³-hybridized carbons (Fsp3) is 0.263. The summed E-state index contributed by atoms with van der Waals surface area (Å²) in [6.07, 6.45) is 1.73. The third-order valence-corrected chi connectivity index (χ3v) is 4.00. The van der Waals surface area contributed by atoms with Gasteiger partial charge in [0.15, 0.2) is 0 Å². The van der Waals surface area contributed by atoms with Crippen molar-refractivity contribution in [2.75, 3.05) is 16.5 Å². The lowest BCUT2D eigenvalue weighted by atomic mass is 10.1. The minimum absolute atomic E-state index is 0.0692. The van der Waals surface area contributed by atoms with E-state index in [-0.39, 0.29) is 17.1 Å². The summed E-state index contributed by atoms with van der Waals surface area (Å²) in [4.78, 5) is 25.9. The number of anilines is 2. The highest BCUT2D eigenvalue weighted by atomic mass is 32.2. The smallest absolute Gasteiger partial charge is 0.283 e. The van der Waals surface area contributed by atoms with Gasteiger partial charge in [0.2, 0.25) is 5.91 Å². The van der Waals surface area contributed by atoms with Gasteiger partial charge in [-0.25, -0.2) is 0 Å². The average Bonchev–Trinajstić information content (AvgIpc) is 2.60. The molecule has 0 bridgehead atoms. The third kappa shape index (κ3) is 4.86. The summed E-state index contributed by atoms with van der Waals surface area (Å²) in [5.74, 6) is -0.0238. The number of nitrogens with one attached hydrogen (secondary N) is 1. The molecular formula is C19H22N2O2S. The summed E-state index contributed by atoms with van der Waals surface area (Å²) in [5.41, 5.74) is 2.57. The van der Waals surface area contributed by atoms with E-state index < -0.39 is 0 Å². The van der Waals surface area contributed by atoms with Gasteiger partial charge in [0, 0.05) is 17.3 Å². The number of rotatable bonds is 5. The molecule has 0 unspecified atom stereocenters. The number of benzene rings is 2. The maximum Gasteiger partial charge on any atom is 0.283 e. The van der Waals surface area contributed by atoms with Gasteiger partial charge < -0.3 is 10.2 Å². The van der Waals surface area contributed by atoms with Gasteiger partial charge in [-0.3, -0.25) is 9.59 Å². The number of carbonyl (C=O) groups is 2. The Morgan fingerprint density at radius 1 is 1.08 bits per heavy atom. The van der Waals surface area contributed by atoms with Crippen LogP contribution in [0.25, 0.3) is 0 Å². The van der Waals surface area contributed by atoms with Crippen LogP contribution >= 0.6 is 11.8 Å². The quantitative estimate of drug-likeness (QED) is 0.851. The molecule has 0 saturated carbocycles. The first-order chi connectivity index (χ1) is 11.5. The molecule has 2 aromatic rings. The second-order valence-corrected chi connectivity index (χ2v) is 6.51. The molecule has 2 rings (SSSR count). The predicted octanol–water partition coefficient (Wildman–Crippen LogP) is 4.77. The molecule has 0 aliphatic rings. The van der Waals surface area contributed by atoms with Gasteiger partial charge in [-0.15, -0.1) is 0 Å². The summed E-state index contributed by atoms with van der Waals surface area (Å²) in [6.45, 7) is 4.25. The van der Waals surface area contributed by atoms with Crippen LogP contribution in [0.5, 0.6) is 0 Å². The molecule has 2 amide bonds. The molecule has 4 nitrogen and oxygen atoms in total. The molecule has 0 atom stereocenters. The molecule has 0 aliphatic carbocycles. The van der Waals surface area contributed by atoms with E-state index in [0.717, 1.165) is 28.7 Å². The van der Waals surface area contributed by atoms with Crippen molar-refractivity contribution < 1.29 is 9.59 Å². The lowest BCUT2D eigenvalue weighted by molar-refractivity contribution is -0.121. The van der Waals surface area contributed by atoms with E-state index in [9.17, 15) is 9.59 Å².